The number of rotatable bonds is 3. The van der Waals surface area contributed by atoms with Crippen LogP contribution in [0.2, 0.25) is 0 Å². The minimum Gasteiger partial charge on any atom is -0.481 e. The Balaban J connectivity index is 2.30. The Labute approximate surface area is 112 Å². The Hall–Kier alpha value is -1.85. The van der Waals surface area contributed by atoms with Gasteiger partial charge in [-0.3, -0.25) is 4.79 Å². The Morgan fingerprint density at radius 3 is 2.89 bits per heavy atom. The number of aromatic nitrogens is 2. The van der Waals surface area contributed by atoms with E-state index in [2.05, 4.69) is 9.97 Å². The minimum absolute atomic E-state index is 0.462. The van der Waals surface area contributed by atoms with Crippen molar-refractivity contribution < 1.29 is 14.6 Å². The Morgan fingerprint density at radius 1 is 1.53 bits per heavy atom. The summed E-state index contributed by atoms with van der Waals surface area (Å²) >= 11 is 0. The van der Waals surface area contributed by atoms with Crippen LogP contribution in [0.3, 0.4) is 0 Å². The fourth-order valence-electron chi connectivity index (χ4n) is 2.54. The highest BCUT2D eigenvalue weighted by atomic mass is 16.5. The van der Waals surface area contributed by atoms with Crippen molar-refractivity contribution in [3.63, 3.8) is 0 Å². The molecule has 1 atom stereocenters. The topological polar surface area (TPSA) is 75.6 Å². The molecule has 0 spiro atoms. The number of anilines is 1. The fourth-order valence-corrected chi connectivity index (χ4v) is 2.54. The van der Waals surface area contributed by atoms with Gasteiger partial charge in [0.2, 0.25) is 5.88 Å². The number of nitrogens with zero attached hydrogens (tertiary/aromatic N) is 3. The zero-order valence-electron chi connectivity index (χ0n) is 11.5. The standard InChI is InChI=1S/C13H19N3O3/c1-9-10(14-8-15-11(9)19-3)16-6-4-5-13(2,7-16)12(17)18/h8H,4-7H2,1-3H3,(H,17,18). The van der Waals surface area contributed by atoms with Crippen molar-refractivity contribution in [1.29, 1.82) is 0 Å². The van der Waals surface area contributed by atoms with Gasteiger partial charge < -0.3 is 14.7 Å². The third-order valence-electron chi connectivity index (χ3n) is 3.72. The molecule has 0 radical (unpaired) electrons. The van der Waals surface area contributed by atoms with E-state index in [1.807, 2.05) is 11.8 Å². The van der Waals surface area contributed by atoms with Gasteiger partial charge in [-0.05, 0) is 26.7 Å². The second-order valence-electron chi connectivity index (χ2n) is 5.22. The average molecular weight is 265 g/mol. The second-order valence-corrected chi connectivity index (χ2v) is 5.22. The largest absolute Gasteiger partial charge is 0.481 e. The molecule has 1 N–H and O–H groups in total. The highest BCUT2D eigenvalue weighted by Crippen LogP contribution is 2.34. The van der Waals surface area contributed by atoms with E-state index in [0.717, 1.165) is 24.3 Å². The summed E-state index contributed by atoms with van der Waals surface area (Å²) in [6.45, 7) is 4.95. The molecule has 1 aliphatic heterocycles. The Bertz CT molecular complexity index is 492. The van der Waals surface area contributed by atoms with Crippen LogP contribution in [0.5, 0.6) is 5.88 Å². The zero-order valence-corrected chi connectivity index (χ0v) is 11.5. The first-order chi connectivity index (χ1) is 8.98. The van der Waals surface area contributed by atoms with Crippen molar-refractivity contribution in [3.05, 3.63) is 11.9 Å². The molecule has 2 rings (SSSR count). The van der Waals surface area contributed by atoms with Gasteiger partial charge in [0.15, 0.2) is 0 Å². The van der Waals surface area contributed by atoms with Crippen LogP contribution >= 0.6 is 0 Å². The highest BCUT2D eigenvalue weighted by molar-refractivity contribution is 5.75. The Morgan fingerprint density at radius 2 is 2.26 bits per heavy atom. The van der Waals surface area contributed by atoms with E-state index in [1.165, 1.54) is 6.33 Å². The van der Waals surface area contributed by atoms with Crippen LogP contribution < -0.4 is 9.64 Å². The molecule has 0 bridgehead atoms. The van der Waals surface area contributed by atoms with Gasteiger partial charge in [0.25, 0.3) is 0 Å². The number of hydrogen-bond donors (Lipinski definition) is 1. The highest BCUT2D eigenvalue weighted by Gasteiger charge is 2.38. The van der Waals surface area contributed by atoms with Crippen LogP contribution in [-0.4, -0.2) is 41.2 Å². The van der Waals surface area contributed by atoms with Crippen LogP contribution in [0.1, 0.15) is 25.3 Å². The van der Waals surface area contributed by atoms with E-state index >= 15 is 0 Å². The van der Waals surface area contributed by atoms with Gasteiger partial charge in [0.1, 0.15) is 12.1 Å². The molecule has 2 heterocycles. The molecular formula is C13H19N3O3. The van der Waals surface area contributed by atoms with E-state index in [9.17, 15) is 9.90 Å². The van der Waals surface area contributed by atoms with Crippen molar-refractivity contribution in [1.82, 2.24) is 9.97 Å². The summed E-state index contributed by atoms with van der Waals surface area (Å²) in [5, 5.41) is 9.35. The van der Waals surface area contributed by atoms with Crippen LogP contribution in [-0.2, 0) is 4.79 Å². The predicted octanol–water partition coefficient (Wildman–Crippen LogP) is 1.48. The van der Waals surface area contributed by atoms with Gasteiger partial charge in [-0.15, -0.1) is 0 Å². The first-order valence-corrected chi connectivity index (χ1v) is 6.32. The molecule has 0 amide bonds. The van der Waals surface area contributed by atoms with Crippen LogP contribution in [0.15, 0.2) is 6.33 Å². The molecule has 0 aliphatic carbocycles. The SMILES string of the molecule is COc1ncnc(N2CCCC(C)(C(=O)O)C2)c1C. The van der Waals surface area contributed by atoms with Gasteiger partial charge in [-0.25, -0.2) is 9.97 Å². The maximum atomic E-state index is 11.4. The number of methoxy groups -OCH3 is 1. The lowest BCUT2D eigenvalue weighted by molar-refractivity contribution is -0.148. The maximum Gasteiger partial charge on any atom is 0.311 e. The van der Waals surface area contributed by atoms with E-state index in [-0.39, 0.29) is 0 Å². The zero-order chi connectivity index (χ0) is 14.0. The number of piperidine rings is 1. The van der Waals surface area contributed by atoms with Gasteiger partial charge in [-0.1, -0.05) is 0 Å². The predicted molar refractivity (Wildman–Crippen MR) is 70.5 cm³/mol. The normalized spacial score (nSPS) is 23.2. The molecule has 0 aromatic carbocycles. The quantitative estimate of drug-likeness (QED) is 0.892. The van der Waals surface area contributed by atoms with Gasteiger partial charge >= 0.3 is 5.97 Å². The number of carboxylic acids is 1. The van der Waals surface area contributed by atoms with Crippen LogP contribution in [0, 0.1) is 12.3 Å². The van der Waals surface area contributed by atoms with E-state index in [1.54, 1.807) is 14.0 Å². The first-order valence-electron chi connectivity index (χ1n) is 6.32. The molecule has 1 aromatic rings. The van der Waals surface area contributed by atoms with Gasteiger partial charge in [0.05, 0.1) is 18.1 Å². The number of carboxylic acid groups (broad SMARTS) is 1. The summed E-state index contributed by atoms with van der Waals surface area (Å²) in [5.74, 6) is 0.544. The van der Waals surface area contributed by atoms with Crippen molar-refractivity contribution >= 4 is 11.8 Å². The first kappa shape index (κ1) is 13.6. The van der Waals surface area contributed by atoms with Gasteiger partial charge in [-0.2, -0.15) is 0 Å². The molecule has 6 heteroatoms. The van der Waals surface area contributed by atoms with Crippen LogP contribution in [0.4, 0.5) is 5.82 Å². The molecule has 1 saturated heterocycles. The lowest BCUT2D eigenvalue weighted by Gasteiger charge is -2.38. The number of aliphatic carboxylic acids is 1. The maximum absolute atomic E-state index is 11.4. The average Bonchev–Trinajstić information content (AvgIpc) is 2.39. The molecule has 104 valence electrons. The Kier molecular flexibility index (Phi) is 3.59. The van der Waals surface area contributed by atoms with Crippen molar-refractivity contribution in [3.8, 4) is 5.88 Å². The number of carbonyl (C=O) groups is 1. The third kappa shape index (κ3) is 2.47. The molecule has 1 aromatic heterocycles. The second kappa shape index (κ2) is 5.03. The third-order valence-corrected chi connectivity index (χ3v) is 3.72. The van der Waals surface area contributed by atoms with Crippen LogP contribution in [0.25, 0.3) is 0 Å². The number of ether oxygens (including phenoxy) is 1. The summed E-state index contributed by atoms with van der Waals surface area (Å²) in [4.78, 5) is 21.7. The molecule has 1 aliphatic rings. The van der Waals surface area contributed by atoms with Gasteiger partial charge in [0, 0.05) is 13.1 Å². The lowest BCUT2D eigenvalue weighted by Crippen LogP contribution is -2.46. The van der Waals surface area contributed by atoms with E-state index < -0.39 is 11.4 Å². The van der Waals surface area contributed by atoms with Crippen molar-refractivity contribution in [2.24, 2.45) is 5.41 Å². The lowest BCUT2D eigenvalue weighted by atomic mass is 9.82. The summed E-state index contributed by atoms with van der Waals surface area (Å²) in [6, 6.07) is 0. The van der Waals surface area contributed by atoms with E-state index in [4.69, 9.17) is 4.74 Å². The molecule has 1 fully saturated rings. The fraction of sp³-hybridized carbons (Fsp3) is 0.615. The summed E-state index contributed by atoms with van der Waals surface area (Å²) in [5.41, 5.74) is 0.128. The van der Waals surface area contributed by atoms with Crippen molar-refractivity contribution in [2.45, 2.75) is 26.7 Å². The minimum atomic E-state index is -0.754. The summed E-state index contributed by atoms with van der Waals surface area (Å²) < 4.78 is 5.18. The molecule has 19 heavy (non-hydrogen) atoms. The summed E-state index contributed by atoms with van der Waals surface area (Å²) in [6.07, 6.45) is 2.99. The number of hydrogen-bond acceptors (Lipinski definition) is 5. The monoisotopic (exact) mass is 265 g/mol. The van der Waals surface area contributed by atoms with Crippen molar-refractivity contribution in [2.75, 3.05) is 25.1 Å². The molecule has 1 unspecified atom stereocenters. The molecular weight excluding hydrogens is 246 g/mol. The molecule has 6 nitrogen and oxygen atoms in total. The smallest absolute Gasteiger partial charge is 0.311 e. The molecule has 0 saturated carbocycles. The summed E-state index contributed by atoms with van der Waals surface area (Å²) in [7, 11) is 1.57. The van der Waals surface area contributed by atoms with E-state index in [0.29, 0.717) is 18.8 Å².